The Bertz CT molecular complexity index is 358. The molecule has 0 radical (unpaired) electrons. The van der Waals surface area contributed by atoms with E-state index in [2.05, 4.69) is 0 Å². The van der Waals surface area contributed by atoms with E-state index in [4.69, 9.17) is 5.73 Å². The van der Waals surface area contributed by atoms with E-state index in [1.807, 2.05) is 11.4 Å². The predicted molar refractivity (Wildman–Crippen MR) is 59.8 cm³/mol. The maximum atomic E-state index is 11.9. The summed E-state index contributed by atoms with van der Waals surface area (Å²) in [5.74, 6) is -0.252. The van der Waals surface area contributed by atoms with E-state index in [9.17, 15) is 15.0 Å². The average Bonchev–Trinajstić information content (AvgIpc) is 2.87. The van der Waals surface area contributed by atoms with Crippen molar-refractivity contribution in [3.8, 4) is 0 Å². The molecule has 88 valence electrons. The van der Waals surface area contributed by atoms with Crippen LogP contribution < -0.4 is 5.73 Å². The summed E-state index contributed by atoms with van der Waals surface area (Å²) in [6.45, 7) is 0.304. The van der Waals surface area contributed by atoms with E-state index < -0.39 is 18.2 Å². The first-order valence-corrected chi connectivity index (χ1v) is 5.91. The largest absolute Gasteiger partial charge is 0.388 e. The molecule has 1 fully saturated rings. The smallest absolute Gasteiger partial charge is 0.245 e. The third kappa shape index (κ3) is 2.10. The van der Waals surface area contributed by atoms with Crippen molar-refractivity contribution in [1.82, 2.24) is 4.90 Å². The van der Waals surface area contributed by atoms with E-state index in [-0.39, 0.29) is 19.0 Å². The number of rotatable bonds is 2. The number of thiophene rings is 1. The zero-order chi connectivity index (χ0) is 11.7. The molecule has 0 bridgehead atoms. The fourth-order valence-corrected chi connectivity index (χ4v) is 2.45. The number of β-amino-alcohol motifs (C(OH)–C–C–N with tert-alkyl or cyclic N) is 2. The van der Waals surface area contributed by atoms with Crippen molar-refractivity contribution in [2.75, 3.05) is 13.1 Å². The molecular weight excluding hydrogens is 228 g/mol. The van der Waals surface area contributed by atoms with Crippen molar-refractivity contribution >= 4 is 17.2 Å². The molecular formula is C10H14N2O3S. The fourth-order valence-electron chi connectivity index (χ4n) is 1.74. The Morgan fingerprint density at radius 2 is 2.12 bits per heavy atom. The molecule has 16 heavy (non-hydrogen) atoms. The van der Waals surface area contributed by atoms with Crippen LogP contribution in [0.2, 0.25) is 0 Å². The number of hydrogen-bond donors (Lipinski definition) is 3. The van der Waals surface area contributed by atoms with Crippen LogP contribution in [-0.2, 0) is 4.79 Å². The number of carbonyl (C=O) groups excluding carboxylic acids is 1. The molecule has 2 heterocycles. The molecule has 6 heteroatoms. The van der Waals surface area contributed by atoms with Gasteiger partial charge in [-0.15, -0.1) is 11.3 Å². The zero-order valence-corrected chi connectivity index (χ0v) is 9.43. The Labute approximate surface area is 97.1 Å². The standard InChI is InChI=1S/C10H14N2O3S/c11-9(8-2-1-3-16-8)10(15)12-4-6(13)7(14)5-12/h1-3,6-7,9,13-14H,4-5,11H2/t6-,7+,9?. The number of aliphatic hydroxyl groups excluding tert-OH is 2. The quantitative estimate of drug-likeness (QED) is 0.641. The van der Waals surface area contributed by atoms with Crippen molar-refractivity contribution in [3.05, 3.63) is 22.4 Å². The molecule has 0 spiro atoms. The van der Waals surface area contributed by atoms with Gasteiger partial charge in [0, 0.05) is 18.0 Å². The summed E-state index contributed by atoms with van der Waals surface area (Å²) in [5.41, 5.74) is 5.81. The van der Waals surface area contributed by atoms with Crippen LogP contribution in [0.1, 0.15) is 10.9 Å². The van der Waals surface area contributed by atoms with Crippen molar-refractivity contribution in [3.63, 3.8) is 0 Å². The Morgan fingerprint density at radius 1 is 1.50 bits per heavy atom. The van der Waals surface area contributed by atoms with Gasteiger partial charge in [-0.25, -0.2) is 0 Å². The number of amides is 1. The topological polar surface area (TPSA) is 86.8 Å². The summed E-state index contributed by atoms with van der Waals surface area (Å²) >= 11 is 1.42. The van der Waals surface area contributed by atoms with Crippen LogP contribution >= 0.6 is 11.3 Å². The minimum absolute atomic E-state index is 0.152. The normalized spacial score (nSPS) is 27.1. The molecule has 0 aliphatic carbocycles. The number of nitrogens with two attached hydrogens (primary N) is 1. The summed E-state index contributed by atoms with van der Waals surface area (Å²) in [5, 5.41) is 20.6. The molecule has 4 N–H and O–H groups in total. The summed E-state index contributed by atoms with van der Waals surface area (Å²) in [4.78, 5) is 14.1. The molecule has 1 amide bonds. The van der Waals surface area contributed by atoms with E-state index in [1.165, 1.54) is 16.2 Å². The van der Waals surface area contributed by atoms with Gasteiger partial charge in [0.1, 0.15) is 6.04 Å². The fraction of sp³-hybridized carbons (Fsp3) is 0.500. The minimum atomic E-state index is -0.862. The van der Waals surface area contributed by atoms with Gasteiger partial charge in [-0.3, -0.25) is 4.79 Å². The van der Waals surface area contributed by atoms with Crippen molar-refractivity contribution in [2.45, 2.75) is 18.2 Å². The maximum absolute atomic E-state index is 11.9. The van der Waals surface area contributed by atoms with Crippen LogP contribution in [0.15, 0.2) is 17.5 Å². The number of likely N-dealkylation sites (tertiary alicyclic amines) is 1. The van der Waals surface area contributed by atoms with Gasteiger partial charge < -0.3 is 20.8 Å². The van der Waals surface area contributed by atoms with Crippen molar-refractivity contribution in [1.29, 1.82) is 0 Å². The molecule has 1 aliphatic heterocycles. The molecule has 1 aromatic heterocycles. The summed E-state index contributed by atoms with van der Waals surface area (Å²) in [6.07, 6.45) is -1.72. The highest BCUT2D eigenvalue weighted by atomic mass is 32.1. The van der Waals surface area contributed by atoms with Gasteiger partial charge in [-0.1, -0.05) is 6.07 Å². The SMILES string of the molecule is NC(C(=O)N1C[C@@H](O)[C@@H](O)C1)c1cccs1. The molecule has 1 aromatic rings. The third-order valence-corrected chi connectivity index (χ3v) is 3.64. The first kappa shape index (κ1) is 11.5. The predicted octanol–water partition coefficient (Wildman–Crippen LogP) is -0.688. The van der Waals surface area contributed by atoms with Gasteiger partial charge in [-0.2, -0.15) is 0 Å². The lowest BCUT2D eigenvalue weighted by Crippen LogP contribution is -2.37. The Hall–Kier alpha value is -0.950. The van der Waals surface area contributed by atoms with Gasteiger partial charge in [-0.05, 0) is 11.4 Å². The molecule has 1 aliphatic rings. The number of aliphatic hydroxyl groups is 2. The first-order valence-electron chi connectivity index (χ1n) is 5.03. The van der Waals surface area contributed by atoms with E-state index in [0.29, 0.717) is 0 Å². The average molecular weight is 242 g/mol. The Kier molecular flexibility index (Phi) is 3.25. The van der Waals surface area contributed by atoms with Crippen LogP contribution in [0.3, 0.4) is 0 Å². The van der Waals surface area contributed by atoms with E-state index in [1.54, 1.807) is 6.07 Å². The molecule has 2 rings (SSSR count). The summed E-state index contributed by atoms with van der Waals surface area (Å²) < 4.78 is 0. The van der Waals surface area contributed by atoms with Crippen LogP contribution in [0, 0.1) is 0 Å². The molecule has 1 saturated heterocycles. The lowest BCUT2D eigenvalue weighted by Gasteiger charge is -2.19. The second-order valence-electron chi connectivity index (χ2n) is 3.87. The molecule has 3 atom stereocenters. The van der Waals surface area contributed by atoms with Gasteiger partial charge in [0.2, 0.25) is 5.91 Å². The number of nitrogens with zero attached hydrogens (tertiary/aromatic N) is 1. The lowest BCUT2D eigenvalue weighted by atomic mass is 10.2. The summed E-state index contributed by atoms with van der Waals surface area (Å²) in [7, 11) is 0. The minimum Gasteiger partial charge on any atom is -0.388 e. The lowest BCUT2D eigenvalue weighted by molar-refractivity contribution is -0.132. The van der Waals surface area contributed by atoms with Gasteiger partial charge in [0.15, 0.2) is 0 Å². The van der Waals surface area contributed by atoms with Crippen molar-refractivity contribution in [2.24, 2.45) is 5.73 Å². The third-order valence-electron chi connectivity index (χ3n) is 2.69. The van der Waals surface area contributed by atoms with Crippen LogP contribution in [-0.4, -0.2) is 46.3 Å². The highest BCUT2D eigenvalue weighted by Crippen LogP contribution is 2.21. The van der Waals surface area contributed by atoms with Gasteiger partial charge in [0.25, 0.3) is 0 Å². The van der Waals surface area contributed by atoms with Crippen LogP contribution in [0.25, 0.3) is 0 Å². The monoisotopic (exact) mass is 242 g/mol. The molecule has 5 nitrogen and oxygen atoms in total. The second-order valence-corrected chi connectivity index (χ2v) is 4.85. The molecule has 0 aromatic carbocycles. The van der Waals surface area contributed by atoms with E-state index >= 15 is 0 Å². The highest BCUT2D eigenvalue weighted by Gasteiger charge is 2.35. The maximum Gasteiger partial charge on any atom is 0.245 e. The Balaban J connectivity index is 2.03. The van der Waals surface area contributed by atoms with Gasteiger partial charge >= 0.3 is 0 Å². The Morgan fingerprint density at radius 3 is 2.62 bits per heavy atom. The van der Waals surface area contributed by atoms with Gasteiger partial charge in [0.05, 0.1) is 12.2 Å². The molecule has 0 saturated carbocycles. The zero-order valence-electron chi connectivity index (χ0n) is 8.61. The van der Waals surface area contributed by atoms with Crippen LogP contribution in [0.5, 0.6) is 0 Å². The molecule has 1 unspecified atom stereocenters. The second kappa shape index (κ2) is 4.50. The number of carbonyl (C=O) groups is 1. The first-order chi connectivity index (χ1) is 7.59. The summed E-state index contributed by atoms with van der Waals surface area (Å²) in [6, 6.07) is 2.94. The van der Waals surface area contributed by atoms with Crippen LogP contribution in [0.4, 0.5) is 0 Å². The highest BCUT2D eigenvalue weighted by molar-refractivity contribution is 7.10. The van der Waals surface area contributed by atoms with Crippen molar-refractivity contribution < 1.29 is 15.0 Å². The van der Waals surface area contributed by atoms with E-state index in [0.717, 1.165) is 4.88 Å². The number of hydrogen-bond acceptors (Lipinski definition) is 5.